The standard InChI is InChI=1S/C50H32N4S2/c1-3-13-32(14-4-1)48-51-49(33-15-5-2-6-16-33)53-50(52-48)38-21-11-19-35(25-38)36-20-12-22-40(27-36)54-43-24-10-9-23-41(43)42-29-46-47(30-44(42)54)56-45-28-37-18-8-7-17-34(37)26-39(45)31-55-46/h1-30H,31H2. The lowest BCUT2D eigenvalue weighted by Crippen LogP contribution is -2.00. The minimum Gasteiger partial charge on any atom is -0.309 e. The number of rotatable bonds is 5. The quantitative estimate of drug-likeness (QED) is 0.175. The molecule has 264 valence electrons. The molecule has 0 fully saturated rings. The van der Waals surface area contributed by atoms with Crippen molar-refractivity contribution in [2.75, 3.05) is 0 Å². The molecule has 11 rings (SSSR count). The Morgan fingerprint density at radius 3 is 1.73 bits per heavy atom. The molecule has 0 saturated carbocycles. The fourth-order valence-corrected chi connectivity index (χ4v) is 10.2. The van der Waals surface area contributed by atoms with Crippen LogP contribution in [0.4, 0.5) is 0 Å². The van der Waals surface area contributed by atoms with Crippen molar-refractivity contribution in [2.45, 2.75) is 20.4 Å². The van der Waals surface area contributed by atoms with Crippen LogP contribution in [0.15, 0.2) is 197 Å². The third-order valence-electron chi connectivity index (χ3n) is 10.5. The van der Waals surface area contributed by atoms with E-state index in [1.54, 1.807) is 0 Å². The van der Waals surface area contributed by atoms with Crippen molar-refractivity contribution in [1.29, 1.82) is 0 Å². The zero-order chi connectivity index (χ0) is 37.0. The van der Waals surface area contributed by atoms with Crippen molar-refractivity contribution in [2.24, 2.45) is 0 Å². The molecule has 0 N–H and O–H groups in total. The van der Waals surface area contributed by atoms with Gasteiger partial charge in [0.05, 0.1) is 11.0 Å². The number of hydrogen-bond acceptors (Lipinski definition) is 5. The molecule has 10 aromatic rings. The Morgan fingerprint density at radius 1 is 0.393 bits per heavy atom. The average Bonchev–Trinajstić information content (AvgIpc) is 3.48. The molecule has 6 heteroatoms. The van der Waals surface area contributed by atoms with Crippen LogP contribution in [0.3, 0.4) is 0 Å². The number of aromatic nitrogens is 4. The first kappa shape index (κ1) is 32.9. The minimum atomic E-state index is 0.642. The summed E-state index contributed by atoms with van der Waals surface area (Å²) in [5.74, 6) is 2.90. The van der Waals surface area contributed by atoms with Crippen LogP contribution in [-0.2, 0) is 5.75 Å². The Hall–Kier alpha value is -6.47. The summed E-state index contributed by atoms with van der Waals surface area (Å²) in [6, 6.07) is 64.7. The fourth-order valence-electron chi connectivity index (χ4n) is 7.80. The van der Waals surface area contributed by atoms with Gasteiger partial charge in [-0.05, 0) is 76.0 Å². The molecule has 1 aliphatic heterocycles. The Bertz CT molecular complexity index is 3060. The van der Waals surface area contributed by atoms with Crippen LogP contribution in [0.2, 0.25) is 0 Å². The predicted octanol–water partition coefficient (Wildman–Crippen LogP) is 13.5. The molecule has 8 aromatic carbocycles. The molecule has 56 heavy (non-hydrogen) atoms. The summed E-state index contributed by atoms with van der Waals surface area (Å²) in [6.45, 7) is 0. The molecule has 1 aliphatic rings. The molecule has 2 aromatic heterocycles. The molecule has 4 nitrogen and oxygen atoms in total. The first-order chi connectivity index (χ1) is 27.7. The van der Waals surface area contributed by atoms with E-state index in [-0.39, 0.29) is 0 Å². The van der Waals surface area contributed by atoms with E-state index < -0.39 is 0 Å². The lowest BCUT2D eigenvalue weighted by molar-refractivity contribution is 1.07. The largest absolute Gasteiger partial charge is 0.309 e. The highest BCUT2D eigenvalue weighted by Gasteiger charge is 2.21. The van der Waals surface area contributed by atoms with Crippen molar-refractivity contribution in [3.8, 4) is 51.0 Å². The van der Waals surface area contributed by atoms with Gasteiger partial charge in [-0.15, -0.1) is 11.8 Å². The summed E-state index contributed by atoms with van der Waals surface area (Å²) in [6.07, 6.45) is 0. The molecule has 0 atom stereocenters. The Labute approximate surface area is 333 Å². The Morgan fingerprint density at radius 2 is 0.982 bits per heavy atom. The third-order valence-corrected chi connectivity index (χ3v) is 12.9. The van der Waals surface area contributed by atoms with Crippen molar-refractivity contribution in [3.05, 3.63) is 188 Å². The summed E-state index contributed by atoms with van der Waals surface area (Å²) in [7, 11) is 0. The van der Waals surface area contributed by atoms with E-state index in [1.807, 2.05) is 84.2 Å². The highest BCUT2D eigenvalue weighted by atomic mass is 32.2. The molecule has 0 aliphatic carbocycles. The summed E-state index contributed by atoms with van der Waals surface area (Å²) >= 11 is 3.84. The van der Waals surface area contributed by atoms with Gasteiger partial charge in [0.25, 0.3) is 0 Å². The lowest BCUT2D eigenvalue weighted by atomic mass is 10.0. The zero-order valence-corrected chi connectivity index (χ0v) is 31.8. The molecule has 0 bridgehead atoms. The first-order valence-electron chi connectivity index (χ1n) is 18.7. The second kappa shape index (κ2) is 13.7. The Balaban J connectivity index is 1.02. The number of hydrogen-bond donors (Lipinski definition) is 0. The molecule has 0 unspecified atom stereocenters. The molecule has 0 radical (unpaired) electrons. The van der Waals surface area contributed by atoms with Crippen LogP contribution in [0.5, 0.6) is 0 Å². The molecular weight excluding hydrogens is 721 g/mol. The van der Waals surface area contributed by atoms with Gasteiger partial charge < -0.3 is 4.57 Å². The lowest BCUT2D eigenvalue weighted by Gasteiger charge is -2.13. The van der Waals surface area contributed by atoms with Crippen molar-refractivity contribution in [3.63, 3.8) is 0 Å². The van der Waals surface area contributed by atoms with Gasteiger partial charge in [0.2, 0.25) is 0 Å². The fraction of sp³-hybridized carbons (Fsp3) is 0.0200. The molecular formula is C50H32N4S2. The highest BCUT2D eigenvalue weighted by molar-refractivity contribution is 8.02. The number of para-hydroxylation sites is 1. The minimum absolute atomic E-state index is 0.642. The number of thioether (sulfide) groups is 1. The summed E-state index contributed by atoms with van der Waals surface area (Å²) < 4.78 is 2.43. The van der Waals surface area contributed by atoms with Crippen LogP contribution in [0.1, 0.15) is 5.56 Å². The third kappa shape index (κ3) is 5.86. The Kier molecular flexibility index (Phi) is 8.04. The van der Waals surface area contributed by atoms with Crippen LogP contribution >= 0.6 is 23.5 Å². The number of nitrogens with zero attached hydrogens (tertiary/aromatic N) is 4. The van der Waals surface area contributed by atoms with Crippen molar-refractivity contribution in [1.82, 2.24) is 19.5 Å². The van der Waals surface area contributed by atoms with Crippen LogP contribution in [0.25, 0.3) is 83.6 Å². The van der Waals surface area contributed by atoms with Gasteiger partial charge in [-0.1, -0.05) is 145 Å². The molecule has 0 saturated heterocycles. The number of benzene rings is 8. The summed E-state index contributed by atoms with van der Waals surface area (Å²) in [5, 5.41) is 5.11. The smallest absolute Gasteiger partial charge is 0.164 e. The zero-order valence-electron chi connectivity index (χ0n) is 30.1. The van der Waals surface area contributed by atoms with E-state index in [2.05, 4.69) is 126 Å². The van der Waals surface area contributed by atoms with E-state index in [0.717, 1.165) is 39.3 Å². The van der Waals surface area contributed by atoms with Crippen molar-refractivity contribution >= 4 is 56.1 Å². The molecule has 0 amide bonds. The van der Waals surface area contributed by atoms with Gasteiger partial charge in [-0.2, -0.15) is 0 Å². The maximum Gasteiger partial charge on any atom is 0.164 e. The maximum atomic E-state index is 5.00. The van der Waals surface area contributed by atoms with Gasteiger partial charge >= 0.3 is 0 Å². The van der Waals surface area contributed by atoms with E-state index in [1.165, 1.54) is 52.8 Å². The van der Waals surface area contributed by atoms with Crippen LogP contribution in [0, 0.1) is 0 Å². The monoisotopic (exact) mass is 752 g/mol. The molecule has 0 spiro atoms. The summed E-state index contributed by atoms with van der Waals surface area (Å²) in [4.78, 5) is 18.9. The first-order valence-corrected chi connectivity index (χ1v) is 20.5. The predicted molar refractivity (Wildman–Crippen MR) is 234 cm³/mol. The number of fused-ring (bicyclic) bond motifs is 6. The van der Waals surface area contributed by atoms with Gasteiger partial charge in [0, 0.05) is 53.6 Å². The maximum absolute atomic E-state index is 5.00. The van der Waals surface area contributed by atoms with E-state index in [4.69, 9.17) is 15.0 Å². The topological polar surface area (TPSA) is 43.6 Å². The van der Waals surface area contributed by atoms with E-state index >= 15 is 0 Å². The van der Waals surface area contributed by atoms with E-state index in [9.17, 15) is 0 Å². The van der Waals surface area contributed by atoms with E-state index in [0.29, 0.717) is 17.5 Å². The average molecular weight is 753 g/mol. The van der Waals surface area contributed by atoms with Gasteiger partial charge in [0.15, 0.2) is 17.5 Å². The van der Waals surface area contributed by atoms with Crippen molar-refractivity contribution < 1.29 is 0 Å². The van der Waals surface area contributed by atoms with Crippen LogP contribution < -0.4 is 0 Å². The normalized spacial score (nSPS) is 12.4. The SMILES string of the molecule is c1ccc(-c2nc(-c3ccccc3)nc(-c3cccc(-c4cccc(-n5c6ccccc6c6cc7c(cc65)Sc5cc6ccccc6cc5CS7)c4)c3)n2)cc1. The molecule has 3 heterocycles. The summed E-state index contributed by atoms with van der Waals surface area (Å²) in [5.41, 5.74) is 9.98. The van der Waals surface area contributed by atoms with Gasteiger partial charge in [-0.3, -0.25) is 0 Å². The highest BCUT2D eigenvalue weighted by Crippen LogP contribution is 2.47. The van der Waals surface area contributed by atoms with Crippen LogP contribution in [-0.4, -0.2) is 19.5 Å². The second-order valence-electron chi connectivity index (χ2n) is 14.0. The van der Waals surface area contributed by atoms with Gasteiger partial charge in [-0.25, -0.2) is 15.0 Å². The van der Waals surface area contributed by atoms with Gasteiger partial charge in [0.1, 0.15) is 0 Å². The second-order valence-corrected chi connectivity index (χ2v) is 16.1.